The topological polar surface area (TPSA) is 68.0 Å². The van der Waals surface area contributed by atoms with Gasteiger partial charge in [0.1, 0.15) is 0 Å². The third-order valence-electron chi connectivity index (χ3n) is 2.62. The highest BCUT2D eigenvalue weighted by Gasteiger charge is 2.45. The van der Waals surface area contributed by atoms with Crippen molar-refractivity contribution in [2.75, 3.05) is 0 Å². The number of nitrogens with zero attached hydrogens (tertiary/aromatic N) is 1. The second-order valence-electron chi connectivity index (χ2n) is 4.11. The lowest BCUT2D eigenvalue weighted by Gasteiger charge is -2.09. The van der Waals surface area contributed by atoms with Gasteiger partial charge >= 0.3 is 0 Å². The number of rotatable bonds is 3. The molecule has 3 N–H and O–H groups in total. The fourth-order valence-electron chi connectivity index (χ4n) is 1.41. The van der Waals surface area contributed by atoms with Crippen molar-refractivity contribution in [1.82, 2.24) is 10.3 Å². The third kappa shape index (κ3) is 2.33. The number of nitrogens with one attached hydrogen (secondary N) is 1. The number of pyridine rings is 1. The molecular formula is C11H15N3O. The standard InChI is InChI=1S/C11H15N3O/c1-8-3-2-4-9(14-8)7-13-10(15)11(12)5-6-11/h2-4H,5-7,12H2,1H3,(H,13,15). The van der Waals surface area contributed by atoms with Crippen LogP contribution in [-0.4, -0.2) is 16.4 Å². The maximum Gasteiger partial charge on any atom is 0.240 e. The quantitative estimate of drug-likeness (QED) is 0.755. The van der Waals surface area contributed by atoms with E-state index in [0.717, 1.165) is 24.2 Å². The van der Waals surface area contributed by atoms with Gasteiger partial charge in [0.15, 0.2) is 0 Å². The van der Waals surface area contributed by atoms with E-state index in [4.69, 9.17) is 5.73 Å². The molecule has 1 aliphatic carbocycles. The largest absolute Gasteiger partial charge is 0.349 e. The van der Waals surface area contributed by atoms with Crippen molar-refractivity contribution in [2.24, 2.45) is 5.73 Å². The van der Waals surface area contributed by atoms with Gasteiger partial charge in [-0.25, -0.2) is 0 Å². The van der Waals surface area contributed by atoms with Crippen molar-refractivity contribution in [3.63, 3.8) is 0 Å². The number of hydrogen-bond acceptors (Lipinski definition) is 3. The number of aryl methyl sites for hydroxylation is 1. The van der Waals surface area contributed by atoms with Crippen LogP contribution in [0.5, 0.6) is 0 Å². The SMILES string of the molecule is Cc1cccc(CNC(=O)C2(N)CC2)n1. The molecule has 0 aromatic carbocycles. The van der Waals surface area contributed by atoms with E-state index in [0.29, 0.717) is 6.54 Å². The molecule has 1 saturated carbocycles. The Hall–Kier alpha value is -1.42. The summed E-state index contributed by atoms with van der Waals surface area (Å²) >= 11 is 0. The summed E-state index contributed by atoms with van der Waals surface area (Å²) < 4.78 is 0. The van der Waals surface area contributed by atoms with Crippen LogP contribution >= 0.6 is 0 Å². The van der Waals surface area contributed by atoms with Gasteiger partial charge in [0.25, 0.3) is 0 Å². The molecule has 1 amide bonds. The van der Waals surface area contributed by atoms with Crippen molar-refractivity contribution < 1.29 is 4.79 Å². The van der Waals surface area contributed by atoms with Crippen LogP contribution in [0.15, 0.2) is 18.2 Å². The van der Waals surface area contributed by atoms with Gasteiger partial charge in [-0.2, -0.15) is 0 Å². The lowest BCUT2D eigenvalue weighted by molar-refractivity contribution is -0.123. The van der Waals surface area contributed by atoms with Gasteiger partial charge in [0.2, 0.25) is 5.91 Å². The molecule has 0 aliphatic heterocycles. The fourth-order valence-corrected chi connectivity index (χ4v) is 1.41. The maximum absolute atomic E-state index is 11.5. The normalized spacial score (nSPS) is 17.2. The minimum Gasteiger partial charge on any atom is -0.349 e. The molecule has 1 fully saturated rings. The van der Waals surface area contributed by atoms with Crippen LogP contribution < -0.4 is 11.1 Å². The summed E-state index contributed by atoms with van der Waals surface area (Å²) in [4.78, 5) is 15.8. The van der Waals surface area contributed by atoms with Gasteiger partial charge in [-0.15, -0.1) is 0 Å². The van der Waals surface area contributed by atoms with E-state index in [1.807, 2.05) is 25.1 Å². The highest BCUT2D eigenvalue weighted by molar-refractivity contribution is 5.88. The molecule has 0 spiro atoms. The molecule has 0 unspecified atom stereocenters. The summed E-state index contributed by atoms with van der Waals surface area (Å²) in [6, 6.07) is 5.75. The number of aromatic nitrogens is 1. The molecule has 1 heterocycles. The van der Waals surface area contributed by atoms with Crippen LogP contribution in [0.25, 0.3) is 0 Å². The molecule has 1 aromatic rings. The summed E-state index contributed by atoms with van der Waals surface area (Å²) in [5, 5.41) is 2.80. The number of carbonyl (C=O) groups is 1. The molecule has 0 saturated heterocycles. The predicted octanol–water partition coefficient (Wildman–Crippen LogP) is 0.498. The van der Waals surface area contributed by atoms with Gasteiger partial charge in [-0.3, -0.25) is 9.78 Å². The zero-order valence-corrected chi connectivity index (χ0v) is 8.79. The van der Waals surface area contributed by atoms with Gasteiger partial charge in [-0.05, 0) is 31.9 Å². The summed E-state index contributed by atoms with van der Waals surface area (Å²) in [6.45, 7) is 2.39. The lowest BCUT2D eigenvalue weighted by atomic mass is 10.2. The molecule has 1 aromatic heterocycles. The van der Waals surface area contributed by atoms with E-state index < -0.39 is 5.54 Å². The smallest absolute Gasteiger partial charge is 0.240 e. The highest BCUT2D eigenvalue weighted by Crippen LogP contribution is 2.32. The first kappa shape index (κ1) is 10.1. The summed E-state index contributed by atoms with van der Waals surface area (Å²) in [5.74, 6) is -0.0641. The van der Waals surface area contributed by atoms with Gasteiger partial charge in [-0.1, -0.05) is 6.07 Å². The lowest BCUT2D eigenvalue weighted by Crippen LogP contribution is -2.42. The van der Waals surface area contributed by atoms with Crippen LogP contribution in [-0.2, 0) is 11.3 Å². The first-order valence-electron chi connectivity index (χ1n) is 5.10. The van der Waals surface area contributed by atoms with Crippen LogP contribution in [0.1, 0.15) is 24.2 Å². The number of nitrogens with two attached hydrogens (primary N) is 1. The van der Waals surface area contributed by atoms with Crippen LogP contribution in [0.4, 0.5) is 0 Å². The third-order valence-corrected chi connectivity index (χ3v) is 2.62. The molecule has 1 aliphatic rings. The Morgan fingerprint density at radius 1 is 1.60 bits per heavy atom. The van der Waals surface area contributed by atoms with E-state index in [1.165, 1.54) is 0 Å². The summed E-state index contributed by atoms with van der Waals surface area (Å²) in [6.07, 6.45) is 1.58. The first-order chi connectivity index (χ1) is 7.10. The Morgan fingerprint density at radius 2 is 2.33 bits per heavy atom. The molecule has 0 bridgehead atoms. The van der Waals surface area contributed by atoms with Gasteiger partial charge < -0.3 is 11.1 Å². The number of hydrogen-bond donors (Lipinski definition) is 2. The number of carbonyl (C=O) groups excluding carboxylic acids is 1. The summed E-state index contributed by atoms with van der Waals surface area (Å²) in [5.41, 5.74) is 6.98. The van der Waals surface area contributed by atoms with Crippen LogP contribution in [0.2, 0.25) is 0 Å². The van der Waals surface area contributed by atoms with E-state index >= 15 is 0 Å². The Balaban J connectivity index is 1.90. The van der Waals surface area contributed by atoms with Crippen LogP contribution in [0, 0.1) is 6.92 Å². The molecule has 80 valence electrons. The van der Waals surface area contributed by atoms with E-state index in [2.05, 4.69) is 10.3 Å². The van der Waals surface area contributed by atoms with Crippen molar-refractivity contribution in [2.45, 2.75) is 31.8 Å². The zero-order chi connectivity index (χ0) is 10.9. The average molecular weight is 205 g/mol. The van der Waals surface area contributed by atoms with Crippen molar-refractivity contribution in [1.29, 1.82) is 0 Å². The van der Waals surface area contributed by atoms with E-state index in [1.54, 1.807) is 0 Å². The second-order valence-corrected chi connectivity index (χ2v) is 4.11. The second kappa shape index (κ2) is 3.62. The van der Waals surface area contributed by atoms with Crippen molar-refractivity contribution in [3.8, 4) is 0 Å². The monoisotopic (exact) mass is 205 g/mol. The van der Waals surface area contributed by atoms with Crippen molar-refractivity contribution in [3.05, 3.63) is 29.6 Å². The Labute approximate surface area is 88.9 Å². The highest BCUT2D eigenvalue weighted by atomic mass is 16.2. The minimum atomic E-state index is -0.593. The first-order valence-corrected chi connectivity index (χ1v) is 5.10. The van der Waals surface area contributed by atoms with Gasteiger partial charge in [0.05, 0.1) is 17.8 Å². The molecule has 4 heteroatoms. The molecule has 0 atom stereocenters. The maximum atomic E-state index is 11.5. The fraction of sp³-hybridized carbons (Fsp3) is 0.455. The predicted molar refractivity (Wildman–Crippen MR) is 57.0 cm³/mol. The average Bonchev–Trinajstić information content (AvgIpc) is 2.94. The summed E-state index contributed by atoms with van der Waals surface area (Å²) in [7, 11) is 0. The molecular weight excluding hydrogens is 190 g/mol. The van der Waals surface area contributed by atoms with Gasteiger partial charge in [0, 0.05) is 5.69 Å². The van der Waals surface area contributed by atoms with Crippen LogP contribution in [0.3, 0.4) is 0 Å². The molecule has 0 radical (unpaired) electrons. The number of amides is 1. The minimum absolute atomic E-state index is 0.0641. The van der Waals surface area contributed by atoms with E-state index in [9.17, 15) is 4.79 Å². The van der Waals surface area contributed by atoms with Crippen molar-refractivity contribution >= 4 is 5.91 Å². The molecule has 4 nitrogen and oxygen atoms in total. The molecule has 15 heavy (non-hydrogen) atoms. The Kier molecular flexibility index (Phi) is 2.44. The Bertz CT molecular complexity index is 385. The molecule has 2 rings (SSSR count). The van der Waals surface area contributed by atoms with E-state index in [-0.39, 0.29) is 5.91 Å². The Morgan fingerprint density at radius 3 is 2.93 bits per heavy atom. The zero-order valence-electron chi connectivity index (χ0n) is 8.79.